The molecule has 0 aliphatic carbocycles. The number of aromatic nitrogens is 2. The van der Waals surface area contributed by atoms with Crippen LogP contribution in [0.15, 0.2) is 59.5 Å². The predicted octanol–water partition coefficient (Wildman–Crippen LogP) is 2.92. The van der Waals surface area contributed by atoms with E-state index in [0.717, 1.165) is 16.9 Å². The summed E-state index contributed by atoms with van der Waals surface area (Å²) in [6.07, 6.45) is 1.09. The Kier molecular flexibility index (Phi) is 5.62. The fraction of sp³-hybridized carbons (Fsp3) is 0.364. The molecule has 2 unspecified atom stereocenters. The Balaban J connectivity index is 1.63. The first-order chi connectivity index (χ1) is 14.4. The summed E-state index contributed by atoms with van der Waals surface area (Å²) in [6.45, 7) is 0.618. The van der Waals surface area contributed by atoms with Gasteiger partial charge in [0.1, 0.15) is 5.82 Å². The molecule has 1 saturated heterocycles. The van der Waals surface area contributed by atoms with E-state index in [1.165, 1.54) is 4.31 Å². The van der Waals surface area contributed by atoms with Crippen LogP contribution in [0, 0.1) is 11.8 Å². The number of para-hydroxylation sites is 2. The molecular weight excluding hydrogens is 402 g/mol. The van der Waals surface area contributed by atoms with Crippen LogP contribution in [0.4, 0.5) is 0 Å². The summed E-state index contributed by atoms with van der Waals surface area (Å²) in [5.41, 5.74) is 1.89. The van der Waals surface area contributed by atoms with E-state index < -0.39 is 16.0 Å². The van der Waals surface area contributed by atoms with Crippen molar-refractivity contribution in [1.82, 2.24) is 13.9 Å². The third-order valence-electron chi connectivity index (χ3n) is 6.00. The second-order valence-electron chi connectivity index (χ2n) is 7.86. The van der Waals surface area contributed by atoms with Gasteiger partial charge in [0.25, 0.3) is 0 Å². The highest BCUT2D eigenvalue weighted by Gasteiger charge is 2.37. The van der Waals surface area contributed by atoms with Crippen LogP contribution < -0.4 is 0 Å². The fourth-order valence-corrected chi connectivity index (χ4v) is 5.88. The molecule has 2 aromatic carbocycles. The number of carboxylic acids is 1. The second-order valence-corrected chi connectivity index (χ2v) is 9.80. The van der Waals surface area contributed by atoms with E-state index in [9.17, 15) is 18.3 Å². The molecule has 0 saturated carbocycles. The summed E-state index contributed by atoms with van der Waals surface area (Å²) < 4.78 is 29.7. The predicted molar refractivity (Wildman–Crippen MR) is 113 cm³/mol. The number of piperidine rings is 1. The number of hydrogen-bond donors (Lipinski definition) is 1. The van der Waals surface area contributed by atoms with Crippen molar-refractivity contribution in [3.05, 3.63) is 60.4 Å². The molecule has 30 heavy (non-hydrogen) atoms. The van der Waals surface area contributed by atoms with Gasteiger partial charge in [-0.15, -0.1) is 0 Å². The van der Waals surface area contributed by atoms with Crippen molar-refractivity contribution in [1.29, 1.82) is 0 Å². The van der Waals surface area contributed by atoms with Gasteiger partial charge < -0.3 is 9.67 Å². The molecule has 0 spiro atoms. The number of sulfonamides is 1. The maximum Gasteiger partial charge on any atom is 0.303 e. The number of aryl methyl sites for hydroxylation is 1. The van der Waals surface area contributed by atoms with E-state index >= 15 is 0 Å². The van der Waals surface area contributed by atoms with E-state index in [1.54, 1.807) is 30.3 Å². The molecule has 1 N–H and O–H groups in total. The molecule has 1 aliphatic heterocycles. The zero-order valence-electron chi connectivity index (χ0n) is 16.8. The highest BCUT2D eigenvalue weighted by molar-refractivity contribution is 7.89. The van der Waals surface area contributed by atoms with Gasteiger partial charge in [-0.3, -0.25) is 4.79 Å². The number of hydrogen-bond acceptors (Lipinski definition) is 4. The summed E-state index contributed by atoms with van der Waals surface area (Å²) in [7, 11) is -1.67. The van der Waals surface area contributed by atoms with Crippen LogP contribution in [-0.2, 0) is 28.3 Å². The zero-order valence-corrected chi connectivity index (χ0v) is 17.6. The molecule has 0 radical (unpaired) electrons. The molecule has 158 valence electrons. The third-order valence-corrected chi connectivity index (χ3v) is 7.88. The van der Waals surface area contributed by atoms with E-state index in [4.69, 9.17) is 4.98 Å². The molecule has 2 atom stereocenters. The number of aliphatic carboxylic acids is 1. The van der Waals surface area contributed by atoms with E-state index in [2.05, 4.69) is 0 Å². The van der Waals surface area contributed by atoms with Gasteiger partial charge >= 0.3 is 5.97 Å². The second kappa shape index (κ2) is 8.20. The Labute approximate surface area is 176 Å². The van der Waals surface area contributed by atoms with Crippen molar-refractivity contribution < 1.29 is 18.3 Å². The Morgan fingerprint density at radius 1 is 1.10 bits per heavy atom. The first-order valence-electron chi connectivity index (χ1n) is 10.0. The molecule has 1 aliphatic rings. The normalized spacial score (nSPS) is 20.4. The highest BCUT2D eigenvalue weighted by atomic mass is 32.2. The summed E-state index contributed by atoms with van der Waals surface area (Å²) in [5.74, 6) is -0.224. The molecule has 2 heterocycles. The number of imidazole rings is 1. The monoisotopic (exact) mass is 427 g/mol. The van der Waals surface area contributed by atoms with Crippen molar-refractivity contribution >= 4 is 27.0 Å². The lowest BCUT2D eigenvalue weighted by Gasteiger charge is -2.37. The minimum atomic E-state index is -3.62. The van der Waals surface area contributed by atoms with Crippen LogP contribution in [-0.4, -0.2) is 46.4 Å². The Bertz CT molecular complexity index is 1160. The third kappa shape index (κ3) is 3.97. The maximum atomic E-state index is 13.1. The number of fused-ring (bicyclic) bond motifs is 1. The molecule has 7 nitrogen and oxygen atoms in total. The van der Waals surface area contributed by atoms with Gasteiger partial charge in [0.15, 0.2) is 0 Å². The van der Waals surface area contributed by atoms with Crippen LogP contribution in [0.25, 0.3) is 11.0 Å². The number of rotatable bonds is 6. The number of benzene rings is 2. The smallest absolute Gasteiger partial charge is 0.303 e. The maximum absolute atomic E-state index is 13.1. The quantitative estimate of drug-likeness (QED) is 0.653. The summed E-state index contributed by atoms with van der Waals surface area (Å²) in [6, 6.07) is 16.2. The zero-order chi connectivity index (χ0) is 21.3. The van der Waals surface area contributed by atoms with Crippen molar-refractivity contribution in [3.63, 3.8) is 0 Å². The number of nitrogens with zero attached hydrogens (tertiary/aromatic N) is 3. The van der Waals surface area contributed by atoms with E-state index in [-0.39, 0.29) is 23.2 Å². The summed E-state index contributed by atoms with van der Waals surface area (Å²) >= 11 is 0. The van der Waals surface area contributed by atoms with Crippen molar-refractivity contribution in [2.24, 2.45) is 18.9 Å². The highest BCUT2D eigenvalue weighted by Crippen LogP contribution is 2.32. The average Bonchev–Trinajstić information content (AvgIpc) is 3.05. The van der Waals surface area contributed by atoms with Gasteiger partial charge in [-0.25, -0.2) is 13.4 Å². The van der Waals surface area contributed by atoms with Crippen molar-refractivity contribution in [2.45, 2.75) is 24.2 Å². The largest absolute Gasteiger partial charge is 0.481 e. The molecule has 0 amide bonds. The molecule has 1 aromatic heterocycles. The Hall–Kier alpha value is -2.71. The molecule has 4 rings (SSSR count). The fourth-order valence-electron chi connectivity index (χ4n) is 4.34. The summed E-state index contributed by atoms with van der Waals surface area (Å²) in [4.78, 5) is 16.4. The van der Waals surface area contributed by atoms with Gasteiger partial charge in [0.2, 0.25) is 10.0 Å². The van der Waals surface area contributed by atoms with Gasteiger partial charge in [-0.2, -0.15) is 4.31 Å². The average molecular weight is 428 g/mol. The standard InChI is InChI=1S/C22H25N3O4S/c1-24-20-10-6-5-9-19(20)23-21(24)13-17-15-25(12-11-16(17)14-22(26)27)30(28,29)18-7-3-2-4-8-18/h2-10,16-17H,11-15H2,1H3,(H,26,27). The minimum absolute atomic E-state index is 0.0355. The van der Waals surface area contributed by atoms with Gasteiger partial charge in [-0.05, 0) is 42.5 Å². The van der Waals surface area contributed by atoms with Gasteiger partial charge in [0.05, 0.1) is 15.9 Å². The minimum Gasteiger partial charge on any atom is -0.481 e. The van der Waals surface area contributed by atoms with Crippen molar-refractivity contribution in [2.75, 3.05) is 13.1 Å². The van der Waals surface area contributed by atoms with Gasteiger partial charge in [0, 0.05) is 33.0 Å². The van der Waals surface area contributed by atoms with Crippen LogP contribution in [0.5, 0.6) is 0 Å². The van der Waals surface area contributed by atoms with E-state index in [1.807, 2.05) is 35.9 Å². The van der Waals surface area contributed by atoms with E-state index in [0.29, 0.717) is 25.9 Å². The lowest BCUT2D eigenvalue weighted by Crippen LogP contribution is -2.45. The van der Waals surface area contributed by atoms with Crippen LogP contribution in [0.1, 0.15) is 18.7 Å². The first kappa shape index (κ1) is 20.6. The van der Waals surface area contributed by atoms with Crippen LogP contribution in [0.3, 0.4) is 0 Å². The lowest BCUT2D eigenvalue weighted by molar-refractivity contribution is -0.138. The van der Waals surface area contributed by atoms with Crippen LogP contribution in [0.2, 0.25) is 0 Å². The Morgan fingerprint density at radius 3 is 2.50 bits per heavy atom. The molecule has 8 heteroatoms. The summed E-state index contributed by atoms with van der Waals surface area (Å²) in [5, 5.41) is 9.37. The lowest BCUT2D eigenvalue weighted by atomic mass is 9.82. The molecular formula is C22H25N3O4S. The SMILES string of the molecule is Cn1c(CC2CN(S(=O)(=O)c3ccccc3)CCC2CC(=O)O)nc2ccccc21. The molecule has 1 fully saturated rings. The Morgan fingerprint density at radius 2 is 1.80 bits per heavy atom. The van der Waals surface area contributed by atoms with Crippen LogP contribution >= 0.6 is 0 Å². The first-order valence-corrected chi connectivity index (χ1v) is 11.5. The number of carboxylic acid groups (broad SMARTS) is 1. The molecule has 0 bridgehead atoms. The topological polar surface area (TPSA) is 92.5 Å². The van der Waals surface area contributed by atoms with Gasteiger partial charge in [-0.1, -0.05) is 30.3 Å². The molecule has 3 aromatic rings. The number of carbonyl (C=O) groups is 1. The van der Waals surface area contributed by atoms with Crippen molar-refractivity contribution in [3.8, 4) is 0 Å².